The lowest BCUT2D eigenvalue weighted by Crippen LogP contribution is -2.28. The fraction of sp³-hybridized carbons (Fsp3) is 0.286. The third-order valence-electron chi connectivity index (χ3n) is 4.89. The van der Waals surface area contributed by atoms with Crippen molar-refractivity contribution in [2.45, 2.75) is 26.7 Å². The van der Waals surface area contributed by atoms with E-state index >= 15 is 0 Å². The van der Waals surface area contributed by atoms with Crippen molar-refractivity contribution in [1.29, 1.82) is 0 Å². The lowest BCUT2D eigenvalue weighted by atomic mass is 10.1. The zero-order chi connectivity index (χ0) is 19.6. The van der Waals surface area contributed by atoms with Crippen molar-refractivity contribution in [1.82, 2.24) is 19.5 Å². The highest BCUT2D eigenvalue weighted by Gasteiger charge is 2.17. The van der Waals surface area contributed by atoms with Gasteiger partial charge in [-0.25, -0.2) is 0 Å². The van der Waals surface area contributed by atoms with E-state index in [4.69, 9.17) is 0 Å². The van der Waals surface area contributed by atoms with Crippen LogP contribution in [0.1, 0.15) is 23.2 Å². The molecule has 0 aliphatic carbocycles. The Morgan fingerprint density at radius 1 is 1.30 bits per heavy atom. The molecule has 0 aliphatic heterocycles. The van der Waals surface area contributed by atoms with Gasteiger partial charge in [-0.05, 0) is 25.8 Å². The van der Waals surface area contributed by atoms with Crippen LogP contribution in [0.15, 0.2) is 47.8 Å². The molecule has 1 N–H and O–H groups in total. The predicted molar refractivity (Wildman–Crippen MR) is 107 cm³/mol. The van der Waals surface area contributed by atoms with Gasteiger partial charge in [0.2, 0.25) is 5.91 Å². The Morgan fingerprint density at radius 2 is 2.04 bits per heavy atom. The first-order valence-electron chi connectivity index (χ1n) is 8.96. The van der Waals surface area contributed by atoms with Gasteiger partial charge >= 0.3 is 0 Å². The summed E-state index contributed by atoms with van der Waals surface area (Å²) in [6, 6.07) is 9.89. The molecule has 1 aromatic carbocycles. The first-order valence-corrected chi connectivity index (χ1v) is 8.96. The summed E-state index contributed by atoms with van der Waals surface area (Å²) in [5.41, 5.74) is 4.89. The molecule has 3 aromatic rings. The van der Waals surface area contributed by atoms with Gasteiger partial charge in [0.1, 0.15) is 5.65 Å². The maximum atomic E-state index is 13.0. The van der Waals surface area contributed by atoms with E-state index in [1.807, 2.05) is 55.8 Å². The molecule has 0 aliphatic rings. The Bertz CT molecular complexity index is 1080. The van der Waals surface area contributed by atoms with E-state index in [0.717, 1.165) is 28.2 Å². The van der Waals surface area contributed by atoms with E-state index < -0.39 is 0 Å². The lowest BCUT2D eigenvalue weighted by molar-refractivity contribution is -0.120. The first-order chi connectivity index (χ1) is 12.9. The number of benzene rings is 1. The topological polar surface area (TPSA) is 68.4 Å². The summed E-state index contributed by atoms with van der Waals surface area (Å²) < 4.78 is 3.39. The van der Waals surface area contributed by atoms with Gasteiger partial charge in [0, 0.05) is 42.9 Å². The monoisotopic (exact) mass is 364 g/mol. The number of hydrogen-bond donors (Lipinski definition) is 1. The smallest absolute Gasteiger partial charge is 0.277 e. The van der Waals surface area contributed by atoms with Crippen LogP contribution < -0.4 is 10.9 Å². The molecule has 3 rings (SSSR count). The van der Waals surface area contributed by atoms with Crippen LogP contribution in [0.3, 0.4) is 0 Å². The third-order valence-corrected chi connectivity index (χ3v) is 4.89. The molecule has 6 nitrogen and oxygen atoms in total. The molecule has 6 heteroatoms. The van der Waals surface area contributed by atoms with Crippen molar-refractivity contribution in [2.75, 3.05) is 6.54 Å². The van der Waals surface area contributed by atoms with E-state index in [1.54, 1.807) is 6.08 Å². The second kappa shape index (κ2) is 7.61. The fourth-order valence-corrected chi connectivity index (χ4v) is 3.21. The van der Waals surface area contributed by atoms with Gasteiger partial charge in [-0.15, -0.1) is 6.58 Å². The molecule has 2 aromatic heterocycles. The molecule has 140 valence electrons. The van der Waals surface area contributed by atoms with Crippen molar-refractivity contribution in [3.8, 4) is 11.3 Å². The molecule has 0 fully saturated rings. The average molecular weight is 364 g/mol. The molecule has 0 atom stereocenters. The number of carbonyl (C=O) groups excluding carboxylic acids is 1. The molecule has 27 heavy (non-hydrogen) atoms. The molecule has 0 spiro atoms. The van der Waals surface area contributed by atoms with Crippen LogP contribution >= 0.6 is 0 Å². The number of rotatable bonds is 6. The maximum Gasteiger partial charge on any atom is 0.277 e. The Kier molecular flexibility index (Phi) is 5.26. The highest BCUT2D eigenvalue weighted by atomic mass is 16.1. The number of fused-ring (bicyclic) bond motifs is 1. The largest absolute Gasteiger partial charge is 0.353 e. The summed E-state index contributed by atoms with van der Waals surface area (Å²) in [5.74, 6) is -0.0995. The van der Waals surface area contributed by atoms with Crippen molar-refractivity contribution in [3.63, 3.8) is 0 Å². The van der Waals surface area contributed by atoms with Gasteiger partial charge in [0.05, 0.1) is 5.69 Å². The predicted octanol–water partition coefficient (Wildman–Crippen LogP) is 2.55. The van der Waals surface area contributed by atoms with E-state index in [-0.39, 0.29) is 17.9 Å². The van der Waals surface area contributed by atoms with Gasteiger partial charge in [-0.1, -0.05) is 30.3 Å². The van der Waals surface area contributed by atoms with Crippen LogP contribution in [-0.2, 0) is 18.3 Å². The SMILES string of the molecule is C=CCNC(=O)CCc1c(C)n(C)c2cc(-c3ccccc3C)nn2c1=O. The molecular formula is C21H24N4O2. The van der Waals surface area contributed by atoms with Crippen LogP contribution in [0.25, 0.3) is 16.9 Å². The summed E-state index contributed by atoms with van der Waals surface area (Å²) in [6.07, 6.45) is 2.25. The summed E-state index contributed by atoms with van der Waals surface area (Å²) >= 11 is 0. The summed E-state index contributed by atoms with van der Waals surface area (Å²) in [5, 5.41) is 7.29. The molecule has 0 saturated carbocycles. The van der Waals surface area contributed by atoms with Crippen LogP contribution in [0.2, 0.25) is 0 Å². The van der Waals surface area contributed by atoms with Crippen molar-refractivity contribution in [2.24, 2.45) is 7.05 Å². The van der Waals surface area contributed by atoms with Crippen molar-refractivity contribution < 1.29 is 4.79 Å². The van der Waals surface area contributed by atoms with Crippen molar-refractivity contribution >= 4 is 11.6 Å². The number of carbonyl (C=O) groups is 1. The van der Waals surface area contributed by atoms with Crippen LogP contribution in [0.5, 0.6) is 0 Å². The van der Waals surface area contributed by atoms with Gasteiger partial charge < -0.3 is 9.88 Å². The number of nitrogens with zero attached hydrogens (tertiary/aromatic N) is 3. The molecule has 0 saturated heterocycles. The second-order valence-electron chi connectivity index (χ2n) is 6.64. The summed E-state index contributed by atoms with van der Waals surface area (Å²) in [6.45, 7) is 7.93. The first kappa shape index (κ1) is 18.6. The summed E-state index contributed by atoms with van der Waals surface area (Å²) in [4.78, 5) is 24.9. The number of nitrogens with one attached hydrogen (secondary N) is 1. The Labute approximate surface area is 158 Å². The van der Waals surface area contributed by atoms with Crippen molar-refractivity contribution in [3.05, 3.63) is 70.2 Å². The van der Waals surface area contributed by atoms with Gasteiger partial charge in [-0.3, -0.25) is 9.59 Å². The maximum absolute atomic E-state index is 13.0. The van der Waals surface area contributed by atoms with Crippen LogP contribution in [-0.4, -0.2) is 26.6 Å². The van der Waals surface area contributed by atoms with Gasteiger partial charge in [0.15, 0.2) is 0 Å². The highest BCUT2D eigenvalue weighted by Crippen LogP contribution is 2.23. The quantitative estimate of drug-likeness (QED) is 0.684. The van der Waals surface area contributed by atoms with Gasteiger partial charge in [-0.2, -0.15) is 9.61 Å². The molecule has 1 amide bonds. The third kappa shape index (κ3) is 3.56. The summed E-state index contributed by atoms with van der Waals surface area (Å²) in [7, 11) is 1.91. The number of aromatic nitrogens is 3. The van der Waals surface area contributed by atoms with Gasteiger partial charge in [0.25, 0.3) is 5.56 Å². The fourth-order valence-electron chi connectivity index (χ4n) is 3.21. The van der Waals surface area contributed by atoms with E-state index in [1.165, 1.54) is 4.52 Å². The average Bonchev–Trinajstić information content (AvgIpc) is 3.10. The Balaban J connectivity index is 2.02. The minimum Gasteiger partial charge on any atom is -0.353 e. The van der Waals surface area contributed by atoms with E-state index in [0.29, 0.717) is 18.5 Å². The normalized spacial score (nSPS) is 10.9. The van der Waals surface area contributed by atoms with Crippen LogP contribution in [0, 0.1) is 13.8 Å². The minimum atomic E-state index is -0.169. The van der Waals surface area contributed by atoms with E-state index in [9.17, 15) is 9.59 Å². The number of hydrogen-bond acceptors (Lipinski definition) is 3. The zero-order valence-electron chi connectivity index (χ0n) is 16.0. The molecule has 0 unspecified atom stereocenters. The standard InChI is InChI=1S/C21H24N4O2/c1-5-12-22-19(26)11-10-17-15(3)24(4)20-13-18(23-25(20)21(17)27)16-9-7-6-8-14(16)2/h5-9,13H,1,10-12H2,2-4H3,(H,22,26). The number of aryl methyl sites for hydroxylation is 2. The number of amides is 1. The molecule has 2 heterocycles. The Hall–Kier alpha value is -3.15. The minimum absolute atomic E-state index is 0.0995. The zero-order valence-corrected chi connectivity index (χ0v) is 16.0. The van der Waals surface area contributed by atoms with Crippen LogP contribution in [0.4, 0.5) is 0 Å². The molecular weight excluding hydrogens is 340 g/mol. The van der Waals surface area contributed by atoms with E-state index in [2.05, 4.69) is 17.0 Å². The highest BCUT2D eigenvalue weighted by molar-refractivity contribution is 5.76. The molecule has 0 bridgehead atoms. The molecule has 0 radical (unpaired) electrons. The lowest BCUT2D eigenvalue weighted by Gasteiger charge is -2.12. The second-order valence-corrected chi connectivity index (χ2v) is 6.64. The Morgan fingerprint density at radius 3 is 2.74 bits per heavy atom.